The van der Waals surface area contributed by atoms with E-state index in [1.807, 2.05) is 6.08 Å². The summed E-state index contributed by atoms with van der Waals surface area (Å²) < 4.78 is 0. The zero-order chi connectivity index (χ0) is 40.1. The molecule has 0 bridgehead atoms. The van der Waals surface area contributed by atoms with Crippen molar-refractivity contribution in [1.82, 2.24) is 5.32 Å². The summed E-state index contributed by atoms with van der Waals surface area (Å²) in [6, 6.07) is -0.798. The second-order valence-electron chi connectivity index (χ2n) is 16.7. The van der Waals surface area contributed by atoms with Gasteiger partial charge in [-0.25, -0.2) is 0 Å². The van der Waals surface area contributed by atoms with E-state index in [4.69, 9.17) is 0 Å². The summed E-state index contributed by atoms with van der Waals surface area (Å²) in [5, 5.41) is 33.2. The fourth-order valence-corrected chi connectivity index (χ4v) is 7.39. The molecule has 0 spiro atoms. The highest BCUT2D eigenvalue weighted by atomic mass is 16.3. The molecular weight excluding hydrogens is 679 g/mol. The number of hydrogen-bond acceptors (Lipinski definition) is 4. The smallest absolute Gasteiger partial charge is 0.249 e. The highest BCUT2D eigenvalue weighted by Gasteiger charge is 2.22. The number of nitrogens with one attached hydrogen (secondary N) is 1. The van der Waals surface area contributed by atoms with Crippen LogP contribution < -0.4 is 5.32 Å². The van der Waals surface area contributed by atoms with Crippen molar-refractivity contribution in [3.05, 3.63) is 36.5 Å². The van der Waals surface area contributed by atoms with E-state index in [-0.39, 0.29) is 6.61 Å². The number of amides is 1. The van der Waals surface area contributed by atoms with Crippen molar-refractivity contribution in [1.29, 1.82) is 0 Å². The average molecular weight is 774 g/mol. The van der Waals surface area contributed by atoms with Crippen LogP contribution >= 0.6 is 0 Å². The molecule has 5 nitrogen and oxygen atoms in total. The maximum Gasteiger partial charge on any atom is 0.249 e. The quantitative estimate of drug-likeness (QED) is 0.0367. The van der Waals surface area contributed by atoms with Crippen LogP contribution in [-0.2, 0) is 4.79 Å². The summed E-state index contributed by atoms with van der Waals surface area (Å²) in [4.78, 5) is 12.5. The molecule has 0 aromatic rings. The molecule has 0 aromatic carbocycles. The third kappa shape index (κ3) is 40.6. The highest BCUT2D eigenvalue weighted by Crippen LogP contribution is 2.15. The topological polar surface area (TPSA) is 89.8 Å². The normalized spacial score (nSPS) is 13.8. The fourth-order valence-electron chi connectivity index (χ4n) is 7.39. The number of hydrogen-bond donors (Lipinski definition) is 4. The molecule has 0 aliphatic rings. The Balaban J connectivity index is 3.62. The van der Waals surface area contributed by atoms with E-state index in [0.29, 0.717) is 6.42 Å². The van der Waals surface area contributed by atoms with Gasteiger partial charge >= 0.3 is 0 Å². The van der Waals surface area contributed by atoms with E-state index in [9.17, 15) is 20.1 Å². The first-order chi connectivity index (χ1) is 27.1. The second-order valence-corrected chi connectivity index (χ2v) is 16.7. The molecule has 324 valence electrons. The number of carbonyl (C=O) groups is 1. The van der Waals surface area contributed by atoms with Crippen LogP contribution in [-0.4, -0.2) is 46.1 Å². The molecule has 0 heterocycles. The third-order valence-electron chi connectivity index (χ3n) is 11.2. The monoisotopic (exact) mass is 774 g/mol. The number of aliphatic hydroxyl groups excluding tert-OH is 3. The van der Waals surface area contributed by atoms with E-state index in [1.54, 1.807) is 6.08 Å². The molecule has 0 aliphatic carbocycles. The van der Waals surface area contributed by atoms with Gasteiger partial charge in [0.1, 0.15) is 6.10 Å². The van der Waals surface area contributed by atoms with Crippen LogP contribution in [0.2, 0.25) is 0 Å². The van der Waals surface area contributed by atoms with E-state index in [0.717, 1.165) is 38.5 Å². The maximum absolute atomic E-state index is 12.5. The highest BCUT2D eigenvalue weighted by molar-refractivity contribution is 5.80. The number of carbonyl (C=O) groups excluding carboxylic acids is 1. The van der Waals surface area contributed by atoms with E-state index in [2.05, 4.69) is 43.5 Å². The van der Waals surface area contributed by atoms with Crippen molar-refractivity contribution in [3.63, 3.8) is 0 Å². The number of rotatable bonds is 44. The van der Waals surface area contributed by atoms with E-state index >= 15 is 0 Å². The van der Waals surface area contributed by atoms with Crippen molar-refractivity contribution < 1.29 is 20.1 Å². The maximum atomic E-state index is 12.5. The zero-order valence-corrected chi connectivity index (χ0v) is 36.8. The molecule has 5 heteroatoms. The van der Waals surface area contributed by atoms with Crippen LogP contribution in [0.25, 0.3) is 0 Å². The van der Waals surface area contributed by atoms with Gasteiger partial charge in [-0.05, 0) is 51.4 Å². The van der Waals surface area contributed by atoms with Crippen molar-refractivity contribution >= 4 is 5.91 Å². The Bertz CT molecular complexity index is 855. The Kier molecular flexibility index (Phi) is 44.1. The number of allylic oxidation sites excluding steroid dienone is 5. The summed E-state index contributed by atoms with van der Waals surface area (Å²) in [5.41, 5.74) is 0. The average Bonchev–Trinajstić information content (AvgIpc) is 3.19. The molecule has 0 fully saturated rings. The Hall–Kier alpha value is -1.43. The van der Waals surface area contributed by atoms with E-state index in [1.165, 1.54) is 193 Å². The van der Waals surface area contributed by atoms with Gasteiger partial charge in [0.15, 0.2) is 0 Å². The molecule has 0 saturated carbocycles. The molecule has 0 aliphatic heterocycles. The first kappa shape index (κ1) is 53.6. The Labute approximate surface area is 343 Å². The predicted octanol–water partition coefficient (Wildman–Crippen LogP) is 14.3. The molecule has 0 aromatic heterocycles. The lowest BCUT2D eigenvalue weighted by atomic mass is 10.0. The zero-order valence-electron chi connectivity index (χ0n) is 36.8. The molecule has 4 N–H and O–H groups in total. The van der Waals surface area contributed by atoms with Crippen molar-refractivity contribution in [2.45, 2.75) is 270 Å². The molecular formula is C50H95NO4. The second kappa shape index (κ2) is 45.3. The minimum absolute atomic E-state index is 0.364. The van der Waals surface area contributed by atoms with Gasteiger partial charge in [-0.2, -0.15) is 0 Å². The molecule has 55 heavy (non-hydrogen) atoms. The van der Waals surface area contributed by atoms with Gasteiger partial charge in [0, 0.05) is 0 Å². The molecule has 0 rings (SSSR count). The summed E-state index contributed by atoms with van der Waals surface area (Å²) >= 11 is 0. The lowest BCUT2D eigenvalue weighted by Gasteiger charge is -2.21. The van der Waals surface area contributed by atoms with Crippen LogP contribution in [0.1, 0.15) is 251 Å². The number of aliphatic hydroxyl groups is 3. The summed E-state index contributed by atoms with van der Waals surface area (Å²) in [6.45, 7) is 4.19. The van der Waals surface area contributed by atoms with Crippen LogP contribution in [0.5, 0.6) is 0 Å². The fraction of sp³-hybridized carbons (Fsp3) is 0.860. The molecule has 0 saturated heterocycles. The SMILES string of the molecule is CCCCCCCCCCC/C=C\C/C=C\CCCCCCCCCCCCC(O)C(=O)NC(CO)C(O)/C=C/CCCCCCCCCCCCCCC. The van der Waals surface area contributed by atoms with E-state index < -0.39 is 24.2 Å². The van der Waals surface area contributed by atoms with Gasteiger partial charge in [-0.15, -0.1) is 0 Å². The van der Waals surface area contributed by atoms with Crippen molar-refractivity contribution in [2.75, 3.05) is 6.61 Å². The minimum atomic E-state index is -1.10. The van der Waals surface area contributed by atoms with Crippen LogP contribution in [0.4, 0.5) is 0 Å². The van der Waals surface area contributed by atoms with Crippen molar-refractivity contribution in [2.24, 2.45) is 0 Å². The first-order valence-corrected chi connectivity index (χ1v) is 24.3. The van der Waals surface area contributed by atoms with Crippen molar-refractivity contribution in [3.8, 4) is 0 Å². The summed E-state index contributed by atoms with van der Waals surface area (Å²) in [6.07, 6.45) is 57.6. The predicted molar refractivity (Wildman–Crippen MR) is 241 cm³/mol. The van der Waals surface area contributed by atoms with Gasteiger partial charge < -0.3 is 20.6 Å². The summed E-state index contributed by atoms with van der Waals surface area (Å²) in [7, 11) is 0. The lowest BCUT2D eigenvalue weighted by Crippen LogP contribution is -2.48. The van der Waals surface area contributed by atoms with Gasteiger partial charge in [0.2, 0.25) is 5.91 Å². The minimum Gasteiger partial charge on any atom is -0.394 e. The molecule has 1 amide bonds. The Morgan fingerprint density at radius 2 is 0.782 bits per heavy atom. The van der Waals surface area contributed by atoms with Crippen LogP contribution in [0.3, 0.4) is 0 Å². The van der Waals surface area contributed by atoms with Crippen LogP contribution in [0, 0.1) is 0 Å². The first-order valence-electron chi connectivity index (χ1n) is 24.3. The van der Waals surface area contributed by atoms with Gasteiger partial charge in [0.05, 0.1) is 18.8 Å². The third-order valence-corrected chi connectivity index (χ3v) is 11.2. The van der Waals surface area contributed by atoms with Gasteiger partial charge in [-0.3, -0.25) is 4.79 Å². The van der Waals surface area contributed by atoms with Gasteiger partial charge in [-0.1, -0.05) is 237 Å². The van der Waals surface area contributed by atoms with Gasteiger partial charge in [0.25, 0.3) is 0 Å². The standard InChI is InChI=1S/C50H95NO4/c1-3-5-7-9-11-13-15-17-19-20-21-22-23-24-25-26-27-28-29-31-33-35-37-39-41-43-45-49(54)50(55)51-47(46-52)48(53)44-42-40-38-36-34-32-30-18-16-14-12-10-8-6-4-2/h21-22,24-25,42,44,47-49,52-54H,3-20,23,26-41,43,45-46H2,1-2H3,(H,51,55)/b22-21-,25-24-,44-42+. The molecule has 3 atom stereocenters. The number of unbranched alkanes of at least 4 members (excludes halogenated alkanes) is 32. The Morgan fingerprint density at radius 1 is 0.455 bits per heavy atom. The Morgan fingerprint density at radius 3 is 1.15 bits per heavy atom. The largest absolute Gasteiger partial charge is 0.394 e. The lowest BCUT2D eigenvalue weighted by molar-refractivity contribution is -0.131. The van der Waals surface area contributed by atoms with Crippen LogP contribution in [0.15, 0.2) is 36.5 Å². The summed E-state index contributed by atoms with van der Waals surface area (Å²) in [5.74, 6) is -0.505. The molecule has 3 unspecified atom stereocenters. The molecule has 0 radical (unpaired) electrons.